The highest BCUT2D eigenvalue weighted by atomic mass is 16.2. The zero-order valence-corrected chi connectivity index (χ0v) is 11.3. The van der Waals surface area contributed by atoms with Crippen molar-refractivity contribution in [2.75, 3.05) is 13.1 Å². The summed E-state index contributed by atoms with van der Waals surface area (Å²) in [4.78, 5) is 41.5. The molecule has 3 fully saturated rings. The Hall–Kier alpha value is -1.59. The number of hydrogen-bond acceptors (Lipinski definition) is 3. The van der Waals surface area contributed by atoms with E-state index in [1.807, 2.05) is 13.8 Å². The maximum absolute atomic E-state index is 12.3. The minimum atomic E-state index is -0.576. The number of fused-ring (bicyclic) bond motifs is 1. The van der Waals surface area contributed by atoms with Crippen molar-refractivity contribution in [2.45, 2.75) is 51.2 Å². The van der Waals surface area contributed by atoms with E-state index in [1.54, 1.807) is 9.80 Å². The summed E-state index contributed by atoms with van der Waals surface area (Å²) in [5.41, 5.74) is 0. The molecule has 3 rings (SSSR count). The lowest BCUT2D eigenvalue weighted by Gasteiger charge is -2.24. The first-order chi connectivity index (χ1) is 9.02. The molecule has 0 aromatic rings. The summed E-state index contributed by atoms with van der Waals surface area (Å²) < 4.78 is 0. The summed E-state index contributed by atoms with van der Waals surface area (Å²) in [6.45, 7) is 5.17. The van der Waals surface area contributed by atoms with Crippen LogP contribution in [0.25, 0.3) is 0 Å². The summed E-state index contributed by atoms with van der Waals surface area (Å²) in [6.07, 6.45) is 2.18. The summed E-state index contributed by atoms with van der Waals surface area (Å²) in [7, 11) is 0. The van der Waals surface area contributed by atoms with Crippen LogP contribution < -0.4 is 0 Å². The third kappa shape index (κ3) is 1.65. The van der Waals surface area contributed by atoms with Crippen LogP contribution in [-0.2, 0) is 9.59 Å². The van der Waals surface area contributed by atoms with Crippen LogP contribution in [0.1, 0.15) is 33.1 Å². The molecule has 0 spiro atoms. The van der Waals surface area contributed by atoms with Crippen LogP contribution in [0.15, 0.2) is 0 Å². The van der Waals surface area contributed by atoms with Crippen LogP contribution in [0.5, 0.6) is 0 Å². The Morgan fingerprint density at radius 2 is 1.74 bits per heavy atom. The second kappa shape index (κ2) is 4.21. The minimum Gasteiger partial charge on any atom is -0.338 e. The van der Waals surface area contributed by atoms with Gasteiger partial charge in [-0.05, 0) is 33.1 Å². The van der Waals surface area contributed by atoms with E-state index in [0.29, 0.717) is 19.5 Å². The van der Waals surface area contributed by atoms with E-state index in [9.17, 15) is 14.4 Å². The molecule has 3 saturated heterocycles. The molecule has 0 N–H and O–H groups in total. The highest BCUT2D eigenvalue weighted by Crippen LogP contribution is 2.31. The van der Waals surface area contributed by atoms with Crippen LogP contribution in [0.3, 0.4) is 0 Å². The Morgan fingerprint density at radius 1 is 1.00 bits per heavy atom. The van der Waals surface area contributed by atoms with E-state index in [0.717, 1.165) is 12.8 Å². The third-order valence-electron chi connectivity index (χ3n) is 4.37. The van der Waals surface area contributed by atoms with Crippen LogP contribution >= 0.6 is 0 Å². The predicted octanol–water partition coefficient (Wildman–Crippen LogP) is 0.422. The maximum atomic E-state index is 12.3. The van der Waals surface area contributed by atoms with Gasteiger partial charge in [-0.3, -0.25) is 9.59 Å². The molecule has 0 saturated carbocycles. The first kappa shape index (κ1) is 12.4. The van der Waals surface area contributed by atoms with Crippen molar-refractivity contribution in [3.63, 3.8) is 0 Å². The Balaban J connectivity index is 1.82. The summed E-state index contributed by atoms with van der Waals surface area (Å²) in [5, 5.41) is 0. The number of amides is 4. The monoisotopic (exact) mass is 265 g/mol. The molecule has 3 aliphatic rings. The number of carbonyl (C=O) groups excluding carboxylic acids is 3. The zero-order valence-electron chi connectivity index (χ0n) is 11.3. The fraction of sp³-hybridized carbons (Fsp3) is 0.769. The second-order valence-electron chi connectivity index (χ2n) is 5.77. The third-order valence-corrected chi connectivity index (χ3v) is 4.37. The van der Waals surface area contributed by atoms with E-state index < -0.39 is 6.04 Å². The van der Waals surface area contributed by atoms with Crippen molar-refractivity contribution >= 4 is 17.8 Å². The number of hydrogen-bond donors (Lipinski definition) is 0. The zero-order chi connectivity index (χ0) is 13.7. The predicted molar refractivity (Wildman–Crippen MR) is 67.2 cm³/mol. The number of carbonyl (C=O) groups is 3. The molecule has 104 valence electrons. The minimum absolute atomic E-state index is 0.0853. The normalized spacial score (nSPS) is 31.1. The molecule has 0 bridgehead atoms. The van der Waals surface area contributed by atoms with Gasteiger partial charge in [-0.15, -0.1) is 0 Å². The number of likely N-dealkylation sites (tertiary alicyclic amines) is 1. The van der Waals surface area contributed by atoms with E-state index in [2.05, 4.69) is 0 Å². The smallest absolute Gasteiger partial charge is 0.328 e. The largest absolute Gasteiger partial charge is 0.338 e. The number of imide groups is 1. The van der Waals surface area contributed by atoms with Gasteiger partial charge < -0.3 is 9.80 Å². The van der Waals surface area contributed by atoms with Crippen molar-refractivity contribution in [1.82, 2.24) is 14.7 Å². The average Bonchev–Trinajstić information content (AvgIpc) is 3.00. The van der Waals surface area contributed by atoms with Gasteiger partial charge in [-0.1, -0.05) is 0 Å². The Morgan fingerprint density at radius 3 is 2.32 bits per heavy atom. The van der Waals surface area contributed by atoms with Gasteiger partial charge in [0.05, 0.1) is 0 Å². The molecule has 4 amide bonds. The number of rotatable bonds is 2. The lowest BCUT2D eigenvalue weighted by atomic mass is 10.1. The van der Waals surface area contributed by atoms with Crippen LogP contribution in [0.2, 0.25) is 0 Å². The van der Waals surface area contributed by atoms with Gasteiger partial charge in [0.15, 0.2) is 0 Å². The fourth-order valence-corrected chi connectivity index (χ4v) is 3.37. The molecular formula is C13H19N3O3. The highest BCUT2D eigenvalue weighted by Gasteiger charge is 2.53. The molecule has 3 heterocycles. The standard InChI is InChI=1S/C13H19N3O3/c1-8(2)14-7-5-10(11(14)17)16-12(18)9-4-3-6-15(9)13(16)19/h8-10H,3-7H2,1-2H3/t9-,10+/m1/s1. The van der Waals surface area contributed by atoms with Crippen molar-refractivity contribution < 1.29 is 14.4 Å². The van der Waals surface area contributed by atoms with Gasteiger partial charge in [0.1, 0.15) is 12.1 Å². The average molecular weight is 265 g/mol. The second-order valence-corrected chi connectivity index (χ2v) is 5.77. The molecule has 6 heteroatoms. The molecule has 2 atom stereocenters. The van der Waals surface area contributed by atoms with Gasteiger partial charge in [0, 0.05) is 19.1 Å². The van der Waals surface area contributed by atoms with Crippen molar-refractivity contribution in [1.29, 1.82) is 0 Å². The molecular weight excluding hydrogens is 246 g/mol. The number of urea groups is 1. The molecule has 19 heavy (non-hydrogen) atoms. The van der Waals surface area contributed by atoms with Crippen LogP contribution in [-0.4, -0.2) is 63.8 Å². The number of nitrogens with zero attached hydrogens (tertiary/aromatic N) is 3. The molecule has 0 aliphatic carbocycles. The Bertz CT molecular complexity index is 426. The molecule has 3 aliphatic heterocycles. The lowest BCUT2D eigenvalue weighted by molar-refractivity contribution is -0.139. The van der Waals surface area contributed by atoms with Gasteiger partial charge in [-0.25, -0.2) is 9.69 Å². The summed E-state index contributed by atoms with van der Waals surface area (Å²) >= 11 is 0. The van der Waals surface area contributed by atoms with Crippen molar-refractivity contribution in [3.05, 3.63) is 0 Å². The van der Waals surface area contributed by atoms with Crippen molar-refractivity contribution in [2.24, 2.45) is 0 Å². The van der Waals surface area contributed by atoms with E-state index in [-0.39, 0.29) is 29.9 Å². The first-order valence-electron chi connectivity index (χ1n) is 6.96. The molecule has 0 aromatic heterocycles. The molecule has 0 aromatic carbocycles. The molecule has 0 radical (unpaired) electrons. The van der Waals surface area contributed by atoms with Gasteiger partial charge in [0.2, 0.25) is 5.91 Å². The van der Waals surface area contributed by atoms with Crippen LogP contribution in [0, 0.1) is 0 Å². The quantitative estimate of drug-likeness (QED) is 0.680. The Labute approximate surface area is 112 Å². The molecule has 0 unspecified atom stereocenters. The van der Waals surface area contributed by atoms with E-state index in [1.165, 1.54) is 4.90 Å². The lowest BCUT2D eigenvalue weighted by Crippen LogP contribution is -2.47. The first-order valence-corrected chi connectivity index (χ1v) is 6.96. The Kier molecular flexibility index (Phi) is 2.76. The fourth-order valence-electron chi connectivity index (χ4n) is 3.37. The maximum Gasteiger partial charge on any atom is 0.328 e. The van der Waals surface area contributed by atoms with Crippen LogP contribution in [0.4, 0.5) is 4.79 Å². The van der Waals surface area contributed by atoms with E-state index >= 15 is 0 Å². The topological polar surface area (TPSA) is 60.9 Å². The van der Waals surface area contributed by atoms with Gasteiger partial charge in [0.25, 0.3) is 5.91 Å². The van der Waals surface area contributed by atoms with Gasteiger partial charge in [-0.2, -0.15) is 0 Å². The van der Waals surface area contributed by atoms with Gasteiger partial charge >= 0.3 is 6.03 Å². The summed E-state index contributed by atoms with van der Waals surface area (Å²) in [6, 6.07) is -1.04. The van der Waals surface area contributed by atoms with E-state index in [4.69, 9.17) is 0 Å². The molecule has 6 nitrogen and oxygen atoms in total. The summed E-state index contributed by atoms with van der Waals surface area (Å²) in [5.74, 6) is -0.260. The SMILES string of the molecule is CC(C)N1CC[C@H](N2C(=O)[C@H]3CCCN3C2=O)C1=O. The van der Waals surface area contributed by atoms with Crippen molar-refractivity contribution in [3.8, 4) is 0 Å². The highest BCUT2D eigenvalue weighted by molar-refractivity contribution is 6.08.